The average molecular weight is 300 g/mol. The minimum Gasteiger partial charge on any atom is -0.379 e. The summed E-state index contributed by atoms with van der Waals surface area (Å²) in [7, 11) is -3.11. The molecule has 1 aliphatic heterocycles. The van der Waals surface area contributed by atoms with E-state index < -0.39 is 10.0 Å². The third-order valence-electron chi connectivity index (χ3n) is 4.72. The van der Waals surface area contributed by atoms with E-state index in [0.29, 0.717) is 38.8 Å². The molecular formula is C14H24N2O3S. The molecule has 0 unspecified atom stereocenters. The van der Waals surface area contributed by atoms with Crippen molar-refractivity contribution in [2.24, 2.45) is 17.8 Å². The van der Waals surface area contributed by atoms with Crippen molar-refractivity contribution in [3.05, 3.63) is 12.2 Å². The van der Waals surface area contributed by atoms with Gasteiger partial charge in [0.25, 0.3) is 0 Å². The second-order valence-corrected chi connectivity index (χ2v) is 8.16. The van der Waals surface area contributed by atoms with Crippen molar-refractivity contribution in [2.45, 2.75) is 12.8 Å². The molecule has 0 aromatic carbocycles. The summed E-state index contributed by atoms with van der Waals surface area (Å²) in [6.45, 7) is 3.54. The standard InChI is InChI=1S/C14H24N2O3S/c17-20(18,16-4-6-19-7-5-16)8-3-15-11-14-10-12-1-2-13(14)9-12/h1-2,12-15H,3-11H2/t12-,13-,14+/m0/s1. The lowest BCUT2D eigenvalue weighted by Crippen LogP contribution is -2.43. The molecule has 2 aliphatic carbocycles. The maximum atomic E-state index is 12.1. The highest BCUT2D eigenvalue weighted by molar-refractivity contribution is 7.89. The van der Waals surface area contributed by atoms with Gasteiger partial charge in [-0.15, -0.1) is 0 Å². The minimum atomic E-state index is -3.11. The highest BCUT2D eigenvalue weighted by Gasteiger charge is 2.35. The number of fused-ring (bicyclic) bond motifs is 2. The van der Waals surface area contributed by atoms with Crippen LogP contribution in [0.1, 0.15) is 12.8 Å². The Kier molecular flexibility index (Phi) is 4.45. The monoisotopic (exact) mass is 300 g/mol. The van der Waals surface area contributed by atoms with E-state index in [1.54, 1.807) is 4.31 Å². The first kappa shape index (κ1) is 14.5. The largest absolute Gasteiger partial charge is 0.379 e. The van der Waals surface area contributed by atoms with Crippen LogP contribution in [0.2, 0.25) is 0 Å². The Morgan fingerprint density at radius 3 is 2.65 bits per heavy atom. The lowest BCUT2D eigenvalue weighted by molar-refractivity contribution is 0.0730. The molecule has 0 amide bonds. The molecule has 0 aromatic heterocycles. The number of hydrogen-bond acceptors (Lipinski definition) is 4. The molecule has 0 aromatic rings. The Bertz CT molecular complexity index is 457. The van der Waals surface area contributed by atoms with Crippen LogP contribution in [0.4, 0.5) is 0 Å². The fraction of sp³-hybridized carbons (Fsp3) is 0.857. The van der Waals surface area contributed by atoms with Gasteiger partial charge in [-0.05, 0) is 37.1 Å². The number of ether oxygens (including phenoxy) is 1. The van der Waals surface area contributed by atoms with Gasteiger partial charge in [0, 0.05) is 19.6 Å². The third-order valence-corrected chi connectivity index (χ3v) is 6.60. The predicted molar refractivity (Wildman–Crippen MR) is 77.9 cm³/mol. The van der Waals surface area contributed by atoms with E-state index in [-0.39, 0.29) is 5.75 Å². The summed E-state index contributed by atoms with van der Waals surface area (Å²) >= 11 is 0. The van der Waals surface area contributed by atoms with E-state index in [1.807, 2.05) is 0 Å². The number of sulfonamides is 1. The van der Waals surface area contributed by atoms with Gasteiger partial charge in [-0.25, -0.2) is 8.42 Å². The first-order chi connectivity index (χ1) is 9.65. The summed E-state index contributed by atoms with van der Waals surface area (Å²) in [5.41, 5.74) is 0. The van der Waals surface area contributed by atoms with Crippen molar-refractivity contribution in [3.63, 3.8) is 0 Å². The summed E-state index contributed by atoms with van der Waals surface area (Å²) < 4.78 is 31.0. The van der Waals surface area contributed by atoms with Crippen LogP contribution in [-0.4, -0.2) is 57.9 Å². The zero-order valence-corrected chi connectivity index (χ0v) is 12.6. The second-order valence-electron chi connectivity index (χ2n) is 6.07. The molecule has 2 bridgehead atoms. The molecule has 114 valence electrons. The molecule has 5 nitrogen and oxygen atoms in total. The maximum Gasteiger partial charge on any atom is 0.215 e. The van der Waals surface area contributed by atoms with Crippen LogP contribution in [0.15, 0.2) is 12.2 Å². The zero-order chi connectivity index (χ0) is 14.0. The van der Waals surface area contributed by atoms with Crippen molar-refractivity contribution >= 4 is 10.0 Å². The maximum absolute atomic E-state index is 12.1. The molecule has 1 saturated carbocycles. The normalized spacial score (nSPS) is 33.9. The first-order valence-electron chi connectivity index (χ1n) is 7.60. The van der Waals surface area contributed by atoms with Gasteiger partial charge in [0.15, 0.2) is 0 Å². The number of allylic oxidation sites excluding steroid dienone is 2. The van der Waals surface area contributed by atoms with Crippen LogP contribution in [0, 0.1) is 17.8 Å². The lowest BCUT2D eigenvalue weighted by atomic mass is 9.94. The Labute approximate surface area is 121 Å². The molecule has 0 radical (unpaired) electrons. The third kappa shape index (κ3) is 3.24. The number of nitrogens with zero attached hydrogens (tertiary/aromatic N) is 1. The van der Waals surface area contributed by atoms with Gasteiger partial charge in [0.1, 0.15) is 0 Å². The summed E-state index contributed by atoms with van der Waals surface area (Å²) in [4.78, 5) is 0. The van der Waals surface area contributed by atoms with E-state index in [1.165, 1.54) is 12.8 Å². The van der Waals surface area contributed by atoms with Gasteiger partial charge in [-0.2, -0.15) is 4.31 Å². The molecule has 3 rings (SSSR count). The average Bonchev–Trinajstić information content (AvgIpc) is 3.07. The van der Waals surface area contributed by atoms with Crippen molar-refractivity contribution in [3.8, 4) is 0 Å². The van der Waals surface area contributed by atoms with Gasteiger partial charge in [-0.1, -0.05) is 12.2 Å². The molecule has 20 heavy (non-hydrogen) atoms. The number of rotatable bonds is 6. The zero-order valence-electron chi connectivity index (χ0n) is 11.8. The van der Waals surface area contributed by atoms with Gasteiger partial charge in [0.2, 0.25) is 10.0 Å². The van der Waals surface area contributed by atoms with Crippen molar-refractivity contribution in [2.75, 3.05) is 45.1 Å². The number of nitrogens with one attached hydrogen (secondary N) is 1. The highest BCUT2D eigenvalue weighted by Crippen LogP contribution is 2.42. The van der Waals surface area contributed by atoms with E-state index >= 15 is 0 Å². The van der Waals surface area contributed by atoms with Crippen LogP contribution < -0.4 is 5.32 Å². The Morgan fingerprint density at radius 1 is 1.20 bits per heavy atom. The van der Waals surface area contributed by atoms with Crippen LogP contribution in [0.3, 0.4) is 0 Å². The predicted octanol–water partition coefficient (Wildman–Crippen LogP) is 0.450. The van der Waals surface area contributed by atoms with E-state index in [9.17, 15) is 8.42 Å². The molecule has 3 atom stereocenters. The second kappa shape index (κ2) is 6.13. The number of morpholine rings is 1. The summed E-state index contributed by atoms with van der Waals surface area (Å²) in [6, 6.07) is 0. The summed E-state index contributed by atoms with van der Waals surface area (Å²) in [5.74, 6) is 2.41. The van der Waals surface area contributed by atoms with E-state index in [4.69, 9.17) is 4.74 Å². The molecule has 1 N–H and O–H groups in total. The van der Waals surface area contributed by atoms with Crippen LogP contribution in [0.5, 0.6) is 0 Å². The molecular weight excluding hydrogens is 276 g/mol. The molecule has 1 saturated heterocycles. The van der Waals surface area contributed by atoms with Crippen LogP contribution in [-0.2, 0) is 14.8 Å². The van der Waals surface area contributed by atoms with E-state index in [2.05, 4.69) is 17.5 Å². The van der Waals surface area contributed by atoms with Crippen molar-refractivity contribution in [1.82, 2.24) is 9.62 Å². The van der Waals surface area contributed by atoms with Crippen LogP contribution >= 0.6 is 0 Å². The van der Waals surface area contributed by atoms with Crippen molar-refractivity contribution in [1.29, 1.82) is 0 Å². The Hall–Kier alpha value is -0.430. The molecule has 6 heteroatoms. The summed E-state index contributed by atoms with van der Waals surface area (Å²) in [5, 5.41) is 3.34. The highest BCUT2D eigenvalue weighted by atomic mass is 32.2. The van der Waals surface area contributed by atoms with Crippen LogP contribution in [0.25, 0.3) is 0 Å². The van der Waals surface area contributed by atoms with Gasteiger partial charge >= 0.3 is 0 Å². The molecule has 1 heterocycles. The van der Waals surface area contributed by atoms with Gasteiger partial charge in [-0.3, -0.25) is 0 Å². The molecule has 3 aliphatic rings. The first-order valence-corrected chi connectivity index (χ1v) is 9.21. The van der Waals surface area contributed by atoms with Gasteiger partial charge in [0.05, 0.1) is 19.0 Å². The Balaban J connectivity index is 1.38. The lowest BCUT2D eigenvalue weighted by Gasteiger charge is -2.26. The Morgan fingerprint density at radius 2 is 2.00 bits per heavy atom. The fourth-order valence-corrected chi connectivity index (χ4v) is 4.94. The molecule has 2 fully saturated rings. The smallest absolute Gasteiger partial charge is 0.215 e. The fourth-order valence-electron chi connectivity index (χ4n) is 3.57. The van der Waals surface area contributed by atoms with E-state index in [0.717, 1.165) is 18.4 Å². The number of hydrogen-bond donors (Lipinski definition) is 1. The molecule has 0 spiro atoms. The SMILES string of the molecule is O=S(=O)(CCNC[C@H]1C[C@H]2C=C[C@H]1C2)N1CCOCC1. The topological polar surface area (TPSA) is 58.6 Å². The quantitative estimate of drug-likeness (QED) is 0.571. The minimum absolute atomic E-state index is 0.198. The summed E-state index contributed by atoms with van der Waals surface area (Å²) in [6.07, 6.45) is 7.25. The van der Waals surface area contributed by atoms with Crippen molar-refractivity contribution < 1.29 is 13.2 Å². The van der Waals surface area contributed by atoms with Gasteiger partial charge < -0.3 is 10.1 Å².